The Bertz CT molecular complexity index is 583. The normalized spacial score (nSPS) is 18.8. The highest BCUT2D eigenvalue weighted by atomic mass is 16.2. The first-order valence-electron chi connectivity index (χ1n) is 6.92. The number of nitrogens with zero attached hydrogens (tertiary/aromatic N) is 2. The number of amides is 2. The molecule has 0 saturated carbocycles. The molecule has 1 saturated heterocycles. The monoisotopic (exact) mass is 290 g/mol. The van der Waals surface area contributed by atoms with Crippen molar-refractivity contribution in [3.05, 3.63) is 29.3 Å². The number of piperazine rings is 1. The largest absolute Gasteiger partial charge is 0.398 e. The molecule has 1 aliphatic heterocycles. The number of carbonyl (C=O) groups excluding carboxylic acids is 2. The van der Waals surface area contributed by atoms with Crippen molar-refractivity contribution in [2.45, 2.75) is 25.9 Å². The van der Waals surface area contributed by atoms with E-state index >= 15 is 0 Å². The summed E-state index contributed by atoms with van der Waals surface area (Å²) in [5.41, 5.74) is 12.5. The van der Waals surface area contributed by atoms with Crippen LogP contribution in [0.2, 0.25) is 0 Å². The second-order valence-corrected chi connectivity index (χ2v) is 5.99. The van der Waals surface area contributed by atoms with Crippen molar-refractivity contribution >= 4 is 17.5 Å². The third-order valence-electron chi connectivity index (χ3n) is 4.16. The van der Waals surface area contributed by atoms with E-state index in [4.69, 9.17) is 11.5 Å². The summed E-state index contributed by atoms with van der Waals surface area (Å²) in [7, 11) is 1.82. The van der Waals surface area contributed by atoms with Crippen LogP contribution in [-0.2, 0) is 11.3 Å². The smallest absolute Gasteiger partial charge is 0.248 e. The lowest BCUT2D eigenvalue weighted by molar-refractivity contribution is -0.147. The molecule has 4 N–H and O–H groups in total. The van der Waals surface area contributed by atoms with Crippen molar-refractivity contribution in [3.8, 4) is 0 Å². The summed E-state index contributed by atoms with van der Waals surface area (Å²) >= 11 is 0. The summed E-state index contributed by atoms with van der Waals surface area (Å²) in [6.07, 6.45) is 0. The van der Waals surface area contributed by atoms with Crippen LogP contribution < -0.4 is 11.5 Å². The van der Waals surface area contributed by atoms with Crippen LogP contribution in [0, 0.1) is 0 Å². The van der Waals surface area contributed by atoms with Gasteiger partial charge in [-0.15, -0.1) is 0 Å². The van der Waals surface area contributed by atoms with Crippen LogP contribution in [0.3, 0.4) is 0 Å². The maximum absolute atomic E-state index is 12.3. The van der Waals surface area contributed by atoms with E-state index in [0.717, 1.165) is 12.1 Å². The number of hydrogen-bond acceptors (Lipinski definition) is 4. The van der Waals surface area contributed by atoms with E-state index in [0.29, 0.717) is 24.3 Å². The Balaban J connectivity index is 2.22. The molecule has 2 amide bonds. The number of primary amides is 1. The average molecular weight is 290 g/mol. The molecule has 0 unspecified atom stereocenters. The average Bonchev–Trinajstić information content (AvgIpc) is 2.41. The molecule has 0 bridgehead atoms. The highest BCUT2D eigenvalue weighted by Gasteiger charge is 2.40. The molecule has 114 valence electrons. The molecule has 1 aliphatic rings. The zero-order valence-electron chi connectivity index (χ0n) is 12.7. The predicted molar refractivity (Wildman–Crippen MR) is 81.5 cm³/mol. The Hall–Kier alpha value is -2.08. The molecule has 6 heteroatoms. The second-order valence-electron chi connectivity index (χ2n) is 5.99. The van der Waals surface area contributed by atoms with Crippen molar-refractivity contribution in [2.75, 3.05) is 25.9 Å². The maximum atomic E-state index is 12.3. The number of nitrogens with two attached hydrogens (primary N) is 2. The van der Waals surface area contributed by atoms with Crippen molar-refractivity contribution < 1.29 is 9.59 Å². The van der Waals surface area contributed by atoms with Gasteiger partial charge in [0.15, 0.2) is 0 Å². The van der Waals surface area contributed by atoms with Crippen LogP contribution in [0.15, 0.2) is 18.2 Å². The molecular weight excluding hydrogens is 268 g/mol. The van der Waals surface area contributed by atoms with Gasteiger partial charge in [-0.25, -0.2) is 0 Å². The lowest BCUT2D eigenvalue weighted by Crippen LogP contribution is -2.61. The molecule has 6 nitrogen and oxygen atoms in total. The van der Waals surface area contributed by atoms with Gasteiger partial charge in [-0.3, -0.25) is 14.5 Å². The van der Waals surface area contributed by atoms with Gasteiger partial charge in [0.05, 0.1) is 5.54 Å². The molecule has 0 aliphatic carbocycles. The number of benzene rings is 1. The Morgan fingerprint density at radius 2 is 2.00 bits per heavy atom. The van der Waals surface area contributed by atoms with Gasteiger partial charge in [-0.2, -0.15) is 0 Å². The second kappa shape index (κ2) is 5.37. The zero-order valence-corrected chi connectivity index (χ0v) is 12.7. The highest BCUT2D eigenvalue weighted by molar-refractivity contribution is 5.93. The Labute approximate surface area is 124 Å². The molecule has 0 aromatic heterocycles. The zero-order chi connectivity index (χ0) is 15.8. The molecule has 0 spiro atoms. The van der Waals surface area contributed by atoms with E-state index in [1.807, 2.05) is 20.9 Å². The molecule has 1 aromatic rings. The topological polar surface area (TPSA) is 92.7 Å². The first kappa shape index (κ1) is 15.3. The third kappa shape index (κ3) is 2.85. The summed E-state index contributed by atoms with van der Waals surface area (Å²) < 4.78 is 0. The fourth-order valence-corrected chi connectivity index (χ4v) is 2.63. The predicted octanol–water partition coefficient (Wildman–Crippen LogP) is 0.420. The van der Waals surface area contributed by atoms with Gasteiger partial charge in [0.1, 0.15) is 0 Å². The van der Waals surface area contributed by atoms with Gasteiger partial charge in [-0.05, 0) is 31.5 Å². The first-order valence-corrected chi connectivity index (χ1v) is 6.92. The summed E-state index contributed by atoms with van der Waals surface area (Å²) in [6, 6.07) is 5.05. The van der Waals surface area contributed by atoms with Crippen LogP contribution in [0.1, 0.15) is 29.8 Å². The fraction of sp³-hybridized carbons (Fsp3) is 0.467. The van der Waals surface area contributed by atoms with Crippen LogP contribution in [0.5, 0.6) is 0 Å². The Morgan fingerprint density at radius 3 is 2.57 bits per heavy atom. The lowest BCUT2D eigenvalue weighted by atomic mass is 9.96. The summed E-state index contributed by atoms with van der Waals surface area (Å²) in [5, 5.41) is 0. The van der Waals surface area contributed by atoms with E-state index in [9.17, 15) is 9.59 Å². The minimum absolute atomic E-state index is 0.0982. The van der Waals surface area contributed by atoms with Crippen molar-refractivity contribution in [1.82, 2.24) is 9.80 Å². The van der Waals surface area contributed by atoms with Crippen molar-refractivity contribution in [3.63, 3.8) is 0 Å². The van der Waals surface area contributed by atoms with E-state index in [2.05, 4.69) is 4.90 Å². The number of carbonyl (C=O) groups is 2. The molecule has 1 aromatic carbocycles. The Kier molecular flexibility index (Phi) is 3.91. The van der Waals surface area contributed by atoms with Gasteiger partial charge in [0.2, 0.25) is 11.8 Å². The molecule has 21 heavy (non-hydrogen) atoms. The van der Waals surface area contributed by atoms with E-state index in [-0.39, 0.29) is 5.91 Å². The van der Waals surface area contributed by atoms with Gasteiger partial charge in [0.25, 0.3) is 0 Å². The minimum Gasteiger partial charge on any atom is -0.398 e. The lowest BCUT2D eigenvalue weighted by Gasteiger charge is -2.44. The summed E-state index contributed by atoms with van der Waals surface area (Å²) in [6.45, 7) is 5.88. The fourth-order valence-electron chi connectivity index (χ4n) is 2.63. The summed E-state index contributed by atoms with van der Waals surface area (Å²) in [4.78, 5) is 27.3. The number of hydrogen-bond donors (Lipinski definition) is 2. The van der Waals surface area contributed by atoms with E-state index in [1.54, 1.807) is 23.1 Å². The number of nitrogen functional groups attached to an aromatic ring is 1. The molecule has 0 atom stereocenters. The highest BCUT2D eigenvalue weighted by Crippen LogP contribution is 2.26. The third-order valence-corrected chi connectivity index (χ3v) is 4.16. The van der Waals surface area contributed by atoms with Gasteiger partial charge < -0.3 is 16.4 Å². The van der Waals surface area contributed by atoms with E-state index in [1.165, 1.54) is 0 Å². The van der Waals surface area contributed by atoms with Crippen LogP contribution in [-0.4, -0.2) is 47.3 Å². The SMILES string of the molecule is CN1CCN(Cc2ccc(C(N)=O)cc2N)C(C)(C)C1=O. The van der Waals surface area contributed by atoms with Crippen molar-refractivity contribution in [2.24, 2.45) is 5.73 Å². The van der Waals surface area contributed by atoms with E-state index < -0.39 is 11.4 Å². The molecule has 1 heterocycles. The van der Waals surface area contributed by atoms with Crippen LogP contribution >= 0.6 is 0 Å². The molecule has 0 radical (unpaired) electrons. The standard InChI is InChI=1S/C15H22N4O2/c1-15(2)14(21)18(3)6-7-19(15)9-11-5-4-10(13(17)20)8-12(11)16/h4-5,8H,6-7,9,16H2,1-3H3,(H2,17,20). The maximum Gasteiger partial charge on any atom is 0.248 e. The Morgan fingerprint density at radius 1 is 1.33 bits per heavy atom. The molecular formula is C15H22N4O2. The molecule has 1 fully saturated rings. The quantitative estimate of drug-likeness (QED) is 0.789. The first-order chi connectivity index (χ1) is 9.73. The molecule has 2 rings (SSSR count). The number of likely N-dealkylation sites (N-methyl/N-ethyl adjacent to an activating group) is 1. The van der Waals surface area contributed by atoms with Crippen LogP contribution in [0.25, 0.3) is 0 Å². The van der Waals surface area contributed by atoms with Crippen LogP contribution in [0.4, 0.5) is 5.69 Å². The van der Waals surface area contributed by atoms with Gasteiger partial charge >= 0.3 is 0 Å². The van der Waals surface area contributed by atoms with Gasteiger partial charge in [-0.1, -0.05) is 6.07 Å². The van der Waals surface area contributed by atoms with Gasteiger partial charge in [0, 0.05) is 37.9 Å². The number of rotatable bonds is 3. The van der Waals surface area contributed by atoms with Crippen molar-refractivity contribution in [1.29, 1.82) is 0 Å². The minimum atomic E-state index is -0.568. The number of anilines is 1. The summed E-state index contributed by atoms with van der Waals surface area (Å²) in [5.74, 6) is -0.399.